The van der Waals surface area contributed by atoms with Crippen molar-refractivity contribution in [2.24, 2.45) is 11.8 Å². The van der Waals surface area contributed by atoms with Crippen LogP contribution in [0.2, 0.25) is 0 Å². The van der Waals surface area contributed by atoms with E-state index >= 15 is 0 Å². The molecule has 2 aliphatic rings. The Balaban J connectivity index is 1.31. The van der Waals surface area contributed by atoms with Gasteiger partial charge in [0.25, 0.3) is 17.4 Å². The molecule has 0 bridgehead atoms. The zero-order valence-electron chi connectivity index (χ0n) is 24.9. The average molecular weight is 590 g/mol. The second kappa shape index (κ2) is 12.9. The summed E-state index contributed by atoms with van der Waals surface area (Å²) in [4.78, 5) is 30.4. The van der Waals surface area contributed by atoms with Crippen molar-refractivity contribution in [2.75, 3.05) is 45.2 Å². The summed E-state index contributed by atoms with van der Waals surface area (Å²) in [5.74, 6) is -0.356. The fourth-order valence-electron chi connectivity index (χ4n) is 6.05. The quantitative estimate of drug-likeness (QED) is 0.442. The first kappa shape index (κ1) is 31.7. The monoisotopic (exact) mass is 589 g/mol. The van der Waals surface area contributed by atoms with Crippen LogP contribution in [-0.2, 0) is 10.4 Å². The normalized spacial score (nSPS) is 18.6. The third kappa shape index (κ3) is 7.02. The van der Waals surface area contributed by atoms with E-state index in [4.69, 9.17) is 4.74 Å². The SMILES string of the molecule is CC(C)Oc1cccc(C(O)(C(=O)N2CCC(CC3CCN(c4ccc(C(=O)N(C)C)cc4)CC3)CC2)C(F)(F)F)c1. The Bertz CT molecular complexity index is 1220. The van der Waals surface area contributed by atoms with Crippen LogP contribution in [0.3, 0.4) is 0 Å². The van der Waals surface area contributed by atoms with Crippen LogP contribution in [-0.4, -0.2) is 79.3 Å². The minimum Gasteiger partial charge on any atom is -0.491 e. The van der Waals surface area contributed by atoms with Gasteiger partial charge in [0.05, 0.1) is 6.10 Å². The predicted molar refractivity (Wildman–Crippen MR) is 155 cm³/mol. The minimum atomic E-state index is -5.19. The molecule has 0 aromatic heterocycles. The molecule has 1 N–H and O–H groups in total. The van der Waals surface area contributed by atoms with E-state index in [1.807, 2.05) is 24.3 Å². The summed E-state index contributed by atoms with van der Waals surface area (Å²) >= 11 is 0. The van der Waals surface area contributed by atoms with Gasteiger partial charge in [-0.3, -0.25) is 9.59 Å². The summed E-state index contributed by atoms with van der Waals surface area (Å²) in [5, 5.41) is 10.9. The Morgan fingerprint density at radius 2 is 1.52 bits per heavy atom. The Hall–Kier alpha value is -3.27. The molecule has 2 heterocycles. The fourth-order valence-corrected chi connectivity index (χ4v) is 6.05. The standard InChI is InChI=1S/C32H42F3N3O4/c1-22(2)42-28-7-5-6-26(21-28)31(41,32(33,34)35)30(40)38-18-14-24(15-19-38)20-23-12-16-37(17-13-23)27-10-8-25(9-11-27)29(39)36(3)4/h5-11,21-24,41H,12-20H2,1-4H3. The van der Waals surface area contributed by atoms with E-state index in [-0.39, 0.29) is 30.9 Å². The predicted octanol–water partition coefficient (Wildman–Crippen LogP) is 5.47. The van der Waals surface area contributed by atoms with Crippen LogP contribution in [0.5, 0.6) is 5.75 Å². The number of hydrogen-bond donors (Lipinski definition) is 1. The lowest BCUT2D eigenvalue weighted by Crippen LogP contribution is -2.57. The number of alkyl halides is 3. The minimum absolute atomic E-state index is 0.0264. The first-order valence-electron chi connectivity index (χ1n) is 14.7. The van der Waals surface area contributed by atoms with E-state index in [1.165, 1.54) is 12.1 Å². The smallest absolute Gasteiger partial charge is 0.430 e. The fraction of sp³-hybridized carbons (Fsp3) is 0.562. The van der Waals surface area contributed by atoms with Crippen LogP contribution < -0.4 is 9.64 Å². The van der Waals surface area contributed by atoms with E-state index in [0.717, 1.165) is 55.1 Å². The van der Waals surface area contributed by atoms with Gasteiger partial charge in [0.15, 0.2) is 0 Å². The van der Waals surface area contributed by atoms with E-state index in [1.54, 1.807) is 32.8 Å². The maximum atomic E-state index is 14.3. The van der Waals surface area contributed by atoms with E-state index in [9.17, 15) is 27.9 Å². The first-order chi connectivity index (χ1) is 19.8. The number of aliphatic hydroxyl groups is 1. The van der Waals surface area contributed by atoms with Gasteiger partial charge in [-0.05, 0) is 94.2 Å². The molecule has 7 nitrogen and oxygen atoms in total. The topological polar surface area (TPSA) is 73.3 Å². The van der Waals surface area contributed by atoms with Gasteiger partial charge in [0.1, 0.15) is 5.75 Å². The van der Waals surface area contributed by atoms with Crippen molar-refractivity contribution in [3.8, 4) is 5.75 Å². The summed E-state index contributed by atoms with van der Waals surface area (Å²) in [6.07, 6.45) is -1.24. The first-order valence-corrected chi connectivity index (χ1v) is 14.7. The molecule has 1 unspecified atom stereocenters. The molecular formula is C32H42F3N3O4. The molecule has 2 saturated heterocycles. The van der Waals surface area contributed by atoms with Gasteiger partial charge in [-0.1, -0.05) is 12.1 Å². The van der Waals surface area contributed by atoms with Gasteiger partial charge >= 0.3 is 6.18 Å². The molecule has 42 heavy (non-hydrogen) atoms. The molecule has 10 heteroatoms. The summed E-state index contributed by atoms with van der Waals surface area (Å²) in [6, 6.07) is 12.8. The number of rotatable bonds is 8. The van der Waals surface area contributed by atoms with Crippen molar-refractivity contribution in [1.82, 2.24) is 9.80 Å². The molecule has 0 saturated carbocycles. The van der Waals surface area contributed by atoms with Gasteiger partial charge in [0, 0.05) is 57.1 Å². The number of ether oxygens (including phenoxy) is 1. The molecular weight excluding hydrogens is 547 g/mol. The molecule has 2 amide bonds. The molecule has 4 rings (SSSR count). The van der Waals surface area contributed by atoms with Gasteiger partial charge in [-0.15, -0.1) is 0 Å². The van der Waals surface area contributed by atoms with Crippen LogP contribution in [0, 0.1) is 11.8 Å². The molecule has 0 radical (unpaired) electrons. The summed E-state index contributed by atoms with van der Waals surface area (Å²) < 4.78 is 48.3. The average Bonchev–Trinajstić information content (AvgIpc) is 2.96. The number of amides is 2. The van der Waals surface area contributed by atoms with E-state index < -0.39 is 23.2 Å². The molecule has 2 aromatic carbocycles. The Morgan fingerprint density at radius 1 is 0.952 bits per heavy atom. The number of piperidine rings is 2. The van der Waals surface area contributed by atoms with Crippen molar-refractivity contribution in [1.29, 1.82) is 0 Å². The third-order valence-electron chi connectivity index (χ3n) is 8.41. The lowest BCUT2D eigenvalue weighted by atomic mass is 9.82. The summed E-state index contributed by atoms with van der Waals surface area (Å²) in [5.41, 5.74) is -2.42. The van der Waals surface area contributed by atoms with Crippen molar-refractivity contribution in [3.05, 3.63) is 59.7 Å². The molecule has 2 fully saturated rings. The van der Waals surface area contributed by atoms with Crippen molar-refractivity contribution in [3.63, 3.8) is 0 Å². The molecule has 230 valence electrons. The van der Waals surface area contributed by atoms with Crippen molar-refractivity contribution in [2.45, 2.75) is 63.8 Å². The van der Waals surface area contributed by atoms with Gasteiger partial charge < -0.3 is 24.5 Å². The Morgan fingerprint density at radius 3 is 2.05 bits per heavy atom. The van der Waals surface area contributed by atoms with Crippen LogP contribution >= 0.6 is 0 Å². The van der Waals surface area contributed by atoms with Crippen LogP contribution in [0.1, 0.15) is 61.9 Å². The number of anilines is 1. The number of carbonyl (C=O) groups is 2. The number of likely N-dealkylation sites (tertiary alicyclic amines) is 1. The number of benzene rings is 2. The maximum absolute atomic E-state index is 14.3. The zero-order valence-corrected chi connectivity index (χ0v) is 24.9. The van der Waals surface area contributed by atoms with Gasteiger partial charge in [-0.25, -0.2) is 0 Å². The third-order valence-corrected chi connectivity index (χ3v) is 8.41. The Labute approximate surface area is 246 Å². The molecule has 1 atom stereocenters. The second-order valence-corrected chi connectivity index (χ2v) is 12.1. The van der Waals surface area contributed by atoms with Crippen LogP contribution in [0.4, 0.5) is 18.9 Å². The van der Waals surface area contributed by atoms with Crippen LogP contribution in [0.25, 0.3) is 0 Å². The van der Waals surface area contributed by atoms with E-state index in [2.05, 4.69) is 4.90 Å². The zero-order chi connectivity index (χ0) is 30.7. The number of hydrogen-bond acceptors (Lipinski definition) is 5. The molecule has 0 spiro atoms. The summed E-state index contributed by atoms with van der Waals surface area (Å²) in [6.45, 7) is 5.66. The highest BCUT2D eigenvalue weighted by Gasteiger charge is 2.62. The Kier molecular flexibility index (Phi) is 9.75. The molecule has 2 aromatic rings. The highest BCUT2D eigenvalue weighted by Crippen LogP contribution is 2.42. The molecule has 2 aliphatic heterocycles. The lowest BCUT2D eigenvalue weighted by Gasteiger charge is -2.40. The number of nitrogens with zero attached hydrogens (tertiary/aromatic N) is 3. The van der Waals surface area contributed by atoms with E-state index in [0.29, 0.717) is 30.2 Å². The van der Waals surface area contributed by atoms with Gasteiger partial charge in [-0.2, -0.15) is 13.2 Å². The highest BCUT2D eigenvalue weighted by atomic mass is 19.4. The largest absolute Gasteiger partial charge is 0.491 e. The highest BCUT2D eigenvalue weighted by molar-refractivity contribution is 5.94. The lowest BCUT2D eigenvalue weighted by molar-refractivity contribution is -0.262. The molecule has 0 aliphatic carbocycles. The maximum Gasteiger partial charge on any atom is 0.430 e. The number of carbonyl (C=O) groups excluding carboxylic acids is 2. The summed E-state index contributed by atoms with van der Waals surface area (Å²) in [7, 11) is 3.46. The van der Waals surface area contributed by atoms with Gasteiger partial charge in [0.2, 0.25) is 0 Å². The number of halogens is 3. The van der Waals surface area contributed by atoms with Crippen LogP contribution in [0.15, 0.2) is 48.5 Å². The van der Waals surface area contributed by atoms with Crippen molar-refractivity contribution < 1.29 is 32.6 Å². The van der Waals surface area contributed by atoms with Crippen molar-refractivity contribution >= 4 is 17.5 Å². The second-order valence-electron chi connectivity index (χ2n) is 12.1.